The van der Waals surface area contributed by atoms with Crippen molar-refractivity contribution in [3.8, 4) is 0 Å². The first-order chi connectivity index (χ1) is 3.70. The highest BCUT2D eigenvalue weighted by atomic mass is 35.5. The summed E-state index contributed by atoms with van der Waals surface area (Å²) >= 11 is 3.88. The lowest BCUT2D eigenvalue weighted by atomic mass is 10.7. The molecular weight excluding hydrogens is 160 g/mol. The predicted octanol–water partition coefficient (Wildman–Crippen LogP) is 1.14. The van der Waals surface area contributed by atoms with Crippen LogP contribution >= 0.6 is 25.0 Å². The second-order valence-electron chi connectivity index (χ2n) is 1.49. The zero-order valence-electron chi connectivity index (χ0n) is 4.77. The van der Waals surface area contributed by atoms with Crippen molar-refractivity contribution >= 4 is 25.0 Å². The first-order valence-corrected chi connectivity index (χ1v) is 2.59. The molecule has 1 aromatic rings. The fourth-order valence-corrected chi connectivity index (χ4v) is 0.703. The van der Waals surface area contributed by atoms with Gasteiger partial charge < -0.3 is 5.21 Å². The van der Waals surface area contributed by atoms with Gasteiger partial charge in [0.1, 0.15) is 10.9 Å². The maximum atomic E-state index is 8.75. The minimum Gasteiger partial charge on any atom is -0.427 e. The first kappa shape index (κ1) is 8.65. The van der Waals surface area contributed by atoms with Crippen LogP contribution in [0.2, 0.25) is 0 Å². The highest BCUT2D eigenvalue weighted by Crippen LogP contribution is 2.01. The first-order valence-electron chi connectivity index (χ1n) is 2.14. The molecule has 0 spiro atoms. The maximum Gasteiger partial charge on any atom is 0.142 e. The Kier molecular flexibility index (Phi) is 2.87. The van der Waals surface area contributed by atoms with Gasteiger partial charge in [-0.25, -0.2) is 4.98 Å². The molecule has 3 nitrogen and oxygen atoms in total. The van der Waals surface area contributed by atoms with Gasteiger partial charge in [0, 0.05) is 0 Å². The molecule has 0 radical (unpaired) electrons. The number of aromatic nitrogens is 2. The Morgan fingerprint density at radius 1 is 1.78 bits per heavy atom. The van der Waals surface area contributed by atoms with Crippen LogP contribution in [0.5, 0.6) is 0 Å². The molecule has 0 aliphatic heterocycles. The monoisotopic (exact) mass is 166 g/mol. The van der Waals surface area contributed by atoms with E-state index in [1.54, 1.807) is 6.92 Å². The molecule has 1 heterocycles. The minimum absolute atomic E-state index is 0. The summed E-state index contributed by atoms with van der Waals surface area (Å²) in [5, 5.41) is 9.28. The molecule has 0 fully saturated rings. The zero-order chi connectivity index (χ0) is 6.15. The van der Waals surface area contributed by atoms with Gasteiger partial charge in [0.05, 0.1) is 6.20 Å². The number of halogens is 1. The fraction of sp³-hybridized carbons (Fsp3) is 0.250. The van der Waals surface area contributed by atoms with Crippen molar-refractivity contribution in [1.82, 2.24) is 9.71 Å². The molecule has 5 heteroatoms. The van der Waals surface area contributed by atoms with Crippen LogP contribution in [0.15, 0.2) is 11.2 Å². The Hall–Kier alpha value is -0.350. The van der Waals surface area contributed by atoms with Crippen LogP contribution in [0.25, 0.3) is 0 Å². The molecule has 0 atom stereocenters. The lowest BCUT2D eigenvalue weighted by Crippen LogP contribution is -1.89. The lowest BCUT2D eigenvalue weighted by molar-refractivity contribution is 0.178. The SMILES string of the molecule is Cc1nc(S)cn1O.Cl. The number of imidazole rings is 1. The third-order valence-corrected chi connectivity index (χ3v) is 1.06. The molecule has 0 aromatic carbocycles. The summed E-state index contributed by atoms with van der Waals surface area (Å²) in [6.45, 7) is 1.69. The van der Waals surface area contributed by atoms with E-state index >= 15 is 0 Å². The summed E-state index contributed by atoms with van der Waals surface area (Å²) < 4.78 is 0.933. The number of nitrogens with zero attached hydrogens (tertiary/aromatic N) is 2. The van der Waals surface area contributed by atoms with E-state index in [1.807, 2.05) is 0 Å². The Balaban J connectivity index is 0.000000640. The summed E-state index contributed by atoms with van der Waals surface area (Å²) in [7, 11) is 0. The van der Waals surface area contributed by atoms with Crippen molar-refractivity contribution in [1.29, 1.82) is 0 Å². The quantitative estimate of drug-likeness (QED) is 0.448. The Bertz CT molecular complexity index is 181. The van der Waals surface area contributed by atoms with Crippen LogP contribution in [0.3, 0.4) is 0 Å². The summed E-state index contributed by atoms with van der Waals surface area (Å²) in [5.74, 6) is 0.551. The molecule has 0 aliphatic carbocycles. The van der Waals surface area contributed by atoms with Gasteiger partial charge in [-0.05, 0) is 6.92 Å². The summed E-state index contributed by atoms with van der Waals surface area (Å²) in [6, 6.07) is 0. The zero-order valence-corrected chi connectivity index (χ0v) is 6.49. The Morgan fingerprint density at radius 3 is 2.44 bits per heavy atom. The second kappa shape index (κ2) is 2.98. The number of hydrogen-bond donors (Lipinski definition) is 2. The van der Waals surface area contributed by atoms with Crippen molar-refractivity contribution < 1.29 is 5.21 Å². The van der Waals surface area contributed by atoms with E-state index in [-0.39, 0.29) is 12.4 Å². The van der Waals surface area contributed by atoms with E-state index in [9.17, 15) is 0 Å². The number of thiol groups is 1. The average Bonchev–Trinajstić information content (AvgIpc) is 1.85. The van der Waals surface area contributed by atoms with E-state index in [0.29, 0.717) is 10.9 Å². The molecule has 1 rings (SSSR count). The fourth-order valence-electron chi connectivity index (χ4n) is 0.449. The van der Waals surface area contributed by atoms with Crippen molar-refractivity contribution in [2.45, 2.75) is 11.9 Å². The van der Waals surface area contributed by atoms with Crippen LogP contribution in [0.1, 0.15) is 5.82 Å². The molecule has 9 heavy (non-hydrogen) atoms. The topological polar surface area (TPSA) is 38.0 Å². The van der Waals surface area contributed by atoms with Crippen molar-refractivity contribution in [2.24, 2.45) is 0 Å². The minimum atomic E-state index is 0. The smallest absolute Gasteiger partial charge is 0.142 e. The third-order valence-electron chi connectivity index (χ3n) is 0.846. The molecule has 52 valence electrons. The van der Waals surface area contributed by atoms with Gasteiger partial charge in [0.15, 0.2) is 0 Å². The second-order valence-corrected chi connectivity index (χ2v) is 1.95. The number of aryl methyl sites for hydroxylation is 1. The van der Waals surface area contributed by atoms with E-state index in [1.165, 1.54) is 6.20 Å². The van der Waals surface area contributed by atoms with Crippen LogP contribution in [0, 0.1) is 6.92 Å². The van der Waals surface area contributed by atoms with Crippen molar-refractivity contribution in [2.75, 3.05) is 0 Å². The molecule has 0 bridgehead atoms. The van der Waals surface area contributed by atoms with E-state index in [2.05, 4.69) is 17.6 Å². The van der Waals surface area contributed by atoms with Crippen molar-refractivity contribution in [3.63, 3.8) is 0 Å². The molecule has 0 unspecified atom stereocenters. The average molecular weight is 167 g/mol. The van der Waals surface area contributed by atoms with Gasteiger partial charge in [-0.2, -0.15) is 4.73 Å². The third kappa shape index (κ3) is 1.80. The van der Waals surface area contributed by atoms with Crippen LogP contribution in [-0.4, -0.2) is 14.9 Å². The summed E-state index contributed by atoms with van der Waals surface area (Å²) in [5.41, 5.74) is 0. The summed E-state index contributed by atoms with van der Waals surface area (Å²) in [4.78, 5) is 3.79. The Labute approximate surface area is 64.5 Å². The van der Waals surface area contributed by atoms with E-state index in [0.717, 1.165) is 4.73 Å². The van der Waals surface area contributed by atoms with Gasteiger partial charge in [0.2, 0.25) is 0 Å². The van der Waals surface area contributed by atoms with E-state index < -0.39 is 0 Å². The molecule has 1 aromatic heterocycles. The van der Waals surface area contributed by atoms with E-state index in [4.69, 9.17) is 5.21 Å². The number of rotatable bonds is 0. The molecule has 1 N–H and O–H groups in total. The normalized spacial score (nSPS) is 8.67. The Morgan fingerprint density at radius 2 is 2.33 bits per heavy atom. The molecule has 0 aliphatic rings. The highest BCUT2D eigenvalue weighted by Gasteiger charge is 1.94. The largest absolute Gasteiger partial charge is 0.427 e. The van der Waals surface area contributed by atoms with Crippen LogP contribution in [0.4, 0.5) is 0 Å². The number of hydrogen-bond acceptors (Lipinski definition) is 3. The van der Waals surface area contributed by atoms with Crippen LogP contribution in [-0.2, 0) is 0 Å². The molecule has 0 amide bonds. The molecule has 0 saturated heterocycles. The van der Waals surface area contributed by atoms with Gasteiger partial charge >= 0.3 is 0 Å². The maximum absolute atomic E-state index is 8.75. The predicted molar refractivity (Wildman–Crippen MR) is 38.6 cm³/mol. The van der Waals surface area contributed by atoms with Gasteiger partial charge in [-0.1, -0.05) is 0 Å². The lowest BCUT2D eigenvalue weighted by Gasteiger charge is -1.86. The van der Waals surface area contributed by atoms with Crippen molar-refractivity contribution in [3.05, 3.63) is 12.0 Å². The van der Waals surface area contributed by atoms with Gasteiger partial charge in [0.25, 0.3) is 0 Å². The van der Waals surface area contributed by atoms with Gasteiger partial charge in [-0.15, -0.1) is 25.0 Å². The summed E-state index contributed by atoms with van der Waals surface area (Å²) in [6.07, 6.45) is 1.43. The van der Waals surface area contributed by atoms with Crippen LogP contribution < -0.4 is 0 Å². The van der Waals surface area contributed by atoms with Gasteiger partial charge in [-0.3, -0.25) is 0 Å². The molecular formula is C4H7ClN2OS. The highest BCUT2D eigenvalue weighted by molar-refractivity contribution is 7.80. The standard InChI is InChI=1S/C4H6N2OS.ClH/c1-3-5-4(8)2-6(3)7;/h2,7-8H,1H3;1H. The molecule has 0 saturated carbocycles.